The average molecular weight is 421 g/mol. The maximum Gasteiger partial charge on any atom is 0.222 e. The normalized spacial score (nSPS) is 26.8. The van der Waals surface area contributed by atoms with E-state index in [2.05, 4.69) is 34.5 Å². The SMILES string of the molecule is CCOc1ccc(CCC2CCN(C(=O)CC3CC4CCC(C3)N4)CC2)cc1.Cl. The lowest BCUT2D eigenvalue weighted by Crippen LogP contribution is -2.42. The van der Waals surface area contributed by atoms with Crippen molar-refractivity contribution in [2.24, 2.45) is 11.8 Å². The van der Waals surface area contributed by atoms with Gasteiger partial charge in [-0.1, -0.05) is 12.1 Å². The lowest BCUT2D eigenvalue weighted by Gasteiger charge is -2.34. The summed E-state index contributed by atoms with van der Waals surface area (Å²) in [6, 6.07) is 9.90. The fourth-order valence-electron chi connectivity index (χ4n) is 5.48. The van der Waals surface area contributed by atoms with Crippen LogP contribution in [0.3, 0.4) is 0 Å². The number of benzene rings is 1. The van der Waals surface area contributed by atoms with Crippen molar-refractivity contribution >= 4 is 18.3 Å². The zero-order chi connectivity index (χ0) is 19.3. The van der Waals surface area contributed by atoms with Crippen molar-refractivity contribution in [2.75, 3.05) is 19.7 Å². The molecule has 2 bridgehead atoms. The van der Waals surface area contributed by atoms with Crippen LogP contribution in [0.5, 0.6) is 5.75 Å². The van der Waals surface area contributed by atoms with E-state index in [0.717, 1.165) is 44.2 Å². The third-order valence-corrected chi connectivity index (χ3v) is 7.08. The first kappa shape index (κ1) is 22.4. The van der Waals surface area contributed by atoms with Gasteiger partial charge in [0.1, 0.15) is 5.75 Å². The van der Waals surface area contributed by atoms with Crippen LogP contribution < -0.4 is 10.1 Å². The number of carbonyl (C=O) groups excluding carboxylic acids is 1. The topological polar surface area (TPSA) is 41.6 Å². The zero-order valence-electron chi connectivity index (χ0n) is 17.8. The molecule has 3 aliphatic heterocycles. The summed E-state index contributed by atoms with van der Waals surface area (Å²) in [6.07, 6.45) is 10.5. The molecule has 0 aromatic heterocycles. The number of piperidine rings is 2. The van der Waals surface area contributed by atoms with Gasteiger partial charge in [-0.2, -0.15) is 0 Å². The molecule has 29 heavy (non-hydrogen) atoms. The molecule has 162 valence electrons. The van der Waals surface area contributed by atoms with Gasteiger partial charge in [-0.05, 0) is 87.8 Å². The van der Waals surface area contributed by atoms with Crippen molar-refractivity contribution in [2.45, 2.75) is 76.8 Å². The minimum Gasteiger partial charge on any atom is -0.494 e. The third kappa shape index (κ3) is 6.11. The van der Waals surface area contributed by atoms with Crippen molar-refractivity contribution < 1.29 is 9.53 Å². The van der Waals surface area contributed by atoms with Crippen molar-refractivity contribution in [3.63, 3.8) is 0 Å². The zero-order valence-corrected chi connectivity index (χ0v) is 18.6. The monoisotopic (exact) mass is 420 g/mol. The van der Waals surface area contributed by atoms with Gasteiger partial charge in [-0.3, -0.25) is 4.79 Å². The Morgan fingerprint density at radius 2 is 1.69 bits per heavy atom. The Morgan fingerprint density at radius 3 is 2.31 bits per heavy atom. The van der Waals surface area contributed by atoms with Gasteiger partial charge in [0.25, 0.3) is 0 Å². The minimum atomic E-state index is 0. The molecule has 0 aliphatic carbocycles. The molecular formula is C24H37ClN2O2. The van der Waals surface area contributed by atoms with Crippen LogP contribution in [-0.2, 0) is 11.2 Å². The summed E-state index contributed by atoms with van der Waals surface area (Å²) < 4.78 is 5.52. The molecule has 0 saturated carbocycles. The van der Waals surface area contributed by atoms with Crippen LogP contribution in [0.1, 0.15) is 63.9 Å². The van der Waals surface area contributed by atoms with Gasteiger partial charge < -0.3 is 15.0 Å². The second-order valence-corrected chi connectivity index (χ2v) is 9.12. The highest BCUT2D eigenvalue weighted by atomic mass is 35.5. The first-order valence-electron chi connectivity index (χ1n) is 11.4. The second kappa shape index (κ2) is 10.7. The fraction of sp³-hybridized carbons (Fsp3) is 0.708. The van der Waals surface area contributed by atoms with Crippen LogP contribution in [0.2, 0.25) is 0 Å². The summed E-state index contributed by atoms with van der Waals surface area (Å²) in [5.74, 6) is 2.74. The predicted octanol–water partition coefficient (Wildman–Crippen LogP) is 4.60. The summed E-state index contributed by atoms with van der Waals surface area (Å²) in [4.78, 5) is 14.9. The number of aryl methyl sites for hydroxylation is 1. The molecule has 1 aromatic carbocycles. The summed E-state index contributed by atoms with van der Waals surface area (Å²) in [5.41, 5.74) is 1.39. The maximum absolute atomic E-state index is 12.8. The van der Waals surface area contributed by atoms with Gasteiger partial charge in [0, 0.05) is 31.6 Å². The summed E-state index contributed by atoms with van der Waals surface area (Å²) in [5, 5.41) is 3.68. The number of amides is 1. The standard InChI is InChI=1S/C24H36N2O2.ClH/c1-2-28-23-9-5-18(6-10-23)3-4-19-11-13-26(14-12-19)24(27)17-20-15-21-7-8-22(16-20)25-21;/h5-6,9-10,19-22,25H,2-4,7-8,11-17H2,1H3;1H. The Morgan fingerprint density at radius 1 is 1.03 bits per heavy atom. The van der Waals surface area contributed by atoms with Gasteiger partial charge in [-0.15, -0.1) is 12.4 Å². The average Bonchev–Trinajstić information content (AvgIpc) is 3.06. The van der Waals surface area contributed by atoms with E-state index >= 15 is 0 Å². The lowest BCUT2D eigenvalue weighted by molar-refractivity contribution is -0.133. The van der Waals surface area contributed by atoms with E-state index in [9.17, 15) is 4.79 Å². The Balaban J connectivity index is 0.00000240. The van der Waals surface area contributed by atoms with Crippen LogP contribution in [-0.4, -0.2) is 42.6 Å². The van der Waals surface area contributed by atoms with Crippen molar-refractivity contribution in [1.82, 2.24) is 10.2 Å². The van der Waals surface area contributed by atoms with E-state index < -0.39 is 0 Å². The van der Waals surface area contributed by atoms with E-state index in [1.807, 2.05) is 6.92 Å². The van der Waals surface area contributed by atoms with Gasteiger partial charge >= 0.3 is 0 Å². The number of carbonyl (C=O) groups is 1. The van der Waals surface area contributed by atoms with Gasteiger partial charge in [0.15, 0.2) is 0 Å². The number of ether oxygens (including phenoxy) is 1. The van der Waals surface area contributed by atoms with Crippen LogP contribution >= 0.6 is 12.4 Å². The Bertz CT molecular complexity index is 631. The lowest BCUT2D eigenvalue weighted by atomic mass is 9.88. The first-order valence-corrected chi connectivity index (χ1v) is 11.4. The largest absolute Gasteiger partial charge is 0.494 e. The highest BCUT2D eigenvalue weighted by molar-refractivity contribution is 5.85. The van der Waals surface area contributed by atoms with Crippen LogP contribution in [0, 0.1) is 11.8 Å². The Hall–Kier alpha value is -1.26. The number of likely N-dealkylation sites (tertiary alicyclic amines) is 1. The molecule has 4 nitrogen and oxygen atoms in total. The molecule has 5 heteroatoms. The molecule has 3 heterocycles. The molecule has 3 fully saturated rings. The van der Waals surface area contributed by atoms with E-state index in [4.69, 9.17) is 4.74 Å². The third-order valence-electron chi connectivity index (χ3n) is 7.08. The van der Waals surface area contributed by atoms with Crippen LogP contribution in [0.4, 0.5) is 0 Å². The fourth-order valence-corrected chi connectivity index (χ4v) is 5.48. The molecule has 0 spiro atoms. The number of nitrogens with one attached hydrogen (secondary N) is 1. The van der Waals surface area contributed by atoms with Crippen molar-refractivity contribution in [3.05, 3.63) is 29.8 Å². The van der Waals surface area contributed by atoms with Gasteiger partial charge in [0.05, 0.1) is 6.61 Å². The second-order valence-electron chi connectivity index (χ2n) is 9.12. The van der Waals surface area contributed by atoms with Crippen molar-refractivity contribution in [3.8, 4) is 5.75 Å². The van der Waals surface area contributed by atoms with E-state index in [0.29, 0.717) is 23.9 Å². The smallest absolute Gasteiger partial charge is 0.222 e. The molecular weight excluding hydrogens is 384 g/mol. The summed E-state index contributed by atoms with van der Waals surface area (Å²) in [7, 11) is 0. The molecule has 4 rings (SSSR count). The van der Waals surface area contributed by atoms with E-state index in [-0.39, 0.29) is 12.4 Å². The molecule has 1 amide bonds. The predicted molar refractivity (Wildman–Crippen MR) is 120 cm³/mol. The van der Waals surface area contributed by atoms with Crippen LogP contribution in [0.25, 0.3) is 0 Å². The summed E-state index contributed by atoms with van der Waals surface area (Å²) >= 11 is 0. The quantitative estimate of drug-likeness (QED) is 0.700. The minimum absolute atomic E-state index is 0. The molecule has 1 aromatic rings. The Kier molecular flexibility index (Phi) is 8.25. The highest BCUT2D eigenvalue weighted by Gasteiger charge is 2.35. The first-order chi connectivity index (χ1) is 13.7. The Labute approximate surface area is 182 Å². The number of fused-ring (bicyclic) bond motifs is 2. The molecule has 3 saturated heterocycles. The number of nitrogens with zero attached hydrogens (tertiary/aromatic N) is 1. The number of hydrogen-bond acceptors (Lipinski definition) is 3. The van der Waals surface area contributed by atoms with E-state index in [1.165, 1.54) is 50.5 Å². The van der Waals surface area contributed by atoms with E-state index in [1.54, 1.807) is 0 Å². The number of rotatable bonds is 7. The number of halogens is 1. The van der Waals surface area contributed by atoms with Gasteiger partial charge in [0.2, 0.25) is 5.91 Å². The summed E-state index contributed by atoms with van der Waals surface area (Å²) in [6.45, 7) is 4.66. The molecule has 2 unspecified atom stereocenters. The van der Waals surface area contributed by atoms with Crippen molar-refractivity contribution in [1.29, 1.82) is 0 Å². The molecule has 2 atom stereocenters. The van der Waals surface area contributed by atoms with Crippen LogP contribution in [0.15, 0.2) is 24.3 Å². The molecule has 3 aliphatic rings. The molecule has 0 radical (unpaired) electrons. The van der Waals surface area contributed by atoms with Gasteiger partial charge in [-0.25, -0.2) is 0 Å². The maximum atomic E-state index is 12.8. The number of hydrogen-bond donors (Lipinski definition) is 1. The highest BCUT2D eigenvalue weighted by Crippen LogP contribution is 2.33. The molecule has 1 N–H and O–H groups in total.